The SMILES string of the molecule is Cc1ccc(NS(=O)(=O)c2ccc(C#N)nc2)c(C(=O)O)c1. The van der Waals surface area contributed by atoms with Gasteiger partial charge < -0.3 is 5.11 Å². The highest BCUT2D eigenvalue weighted by molar-refractivity contribution is 7.92. The molecule has 2 N–H and O–H groups in total. The van der Waals surface area contributed by atoms with Gasteiger partial charge in [0.25, 0.3) is 10.0 Å². The van der Waals surface area contributed by atoms with Gasteiger partial charge in [0.15, 0.2) is 0 Å². The zero-order valence-corrected chi connectivity index (χ0v) is 12.3. The number of hydrogen-bond acceptors (Lipinski definition) is 5. The van der Waals surface area contributed by atoms with Crippen molar-refractivity contribution in [3.05, 3.63) is 53.3 Å². The fourth-order valence-electron chi connectivity index (χ4n) is 1.73. The first-order chi connectivity index (χ1) is 10.3. The minimum Gasteiger partial charge on any atom is -0.478 e. The van der Waals surface area contributed by atoms with Crippen molar-refractivity contribution in [1.29, 1.82) is 5.26 Å². The van der Waals surface area contributed by atoms with Crippen LogP contribution >= 0.6 is 0 Å². The predicted octanol–water partition coefficient (Wildman–Crippen LogP) is 1.76. The van der Waals surface area contributed by atoms with Crippen LogP contribution in [0.1, 0.15) is 21.6 Å². The second-order valence-electron chi connectivity index (χ2n) is 4.45. The molecule has 0 unspecified atom stereocenters. The molecule has 1 aromatic heterocycles. The fraction of sp³-hybridized carbons (Fsp3) is 0.0714. The molecule has 1 heterocycles. The van der Waals surface area contributed by atoms with E-state index in [0.29, 0.717) is 5.56 Å². The number of nitrogens with one attached hydrogen (secondary N) is 1. The highest BCUT2D eigenvalue weighted by Crippen LogP contribution is 2.21. The Kier molecular flexibility index (Phi) is 4.10. The van der Waals surface area contributed by atoms with Crippen molar-refractivity contribution in [2.75, 3.05) is 4.72 Å². The summed E-state index contributed by atoms with van der Waals surface area (Å²) in [6.07, 6.45) is 1.04. The Hall–Kier alpha value is -2.92. The van der Waals surface area contributed by atoms with E-state index >= 15 is 0 Å². The lowest BCUT2D eigenvalue weighted by molar-refractivity contribution is 0.0698. The van der Waals surface area contributed by atoms with Crippen LogP contribution in [0.5, 0.6) is 0 Å². The summed E-state index contributed by atoms with van der Waals surface area (Å²) in [5.74, 6) is -1.24. The zero-order valence-electron chi connectivity index (χ0n) is 11.4. The summed E-state index contributed by atoms with van der Waals surface area (Å²) in [6, 6.07) is 8.63. The van der Waals surface area contributed by atoms with Gasteiger partial charge in [0, 0.05) is 6.20 Å². The van der Waals surface area contributed by atoms with Crippen LogP contribution in [0, 0.1) is 18.3 Å². The first-order valence-electron chi connectivity index (χ1n) is 6.06. The van der Waals surface area contributed by atoms with Crippen LogP contribution in [0.3, 0.4) is 0 Å². The molecule has 0 fully saturated rings. The normalized spacial score (nSPS) is 10.7. The Labute approximate surface area is 126 Å². The van der Waals surface area contributed by atoms with Gasteiger partial charge in [-0.25, -0.2) is 18.2 Å². The number of anilines is 1. The number of carboxylic acids is 1. The minimum absolute atomic E-state index is 0.0394. The Morgan fingerprint density at radius 2 is 2.05 bits per heavy atom. The van der Waals surface area contributed by atoms with E-state index < -0.39 is 16.0 Å². The van der Waals surface area contributed by atoms with Gasteiger partial charge in [-0.15, -0.1) is 0 Å². The molecule has 0 saturated heterocycles. The van der Waals surface area contributed by atoms with E-state index in [9.17, 15) is 13.2 Å². The Morgan fingerprint density at radius 1 is 1.32 bits per heavy atom. The molecule has 0 spiro atoms. The van der Waals surface area contributed by atoms with Crippen molar-refractivity contribution < 1.29 is 18.3 Å². The van der Waals surface area contributed by atoms with Gasteiger partial charge in [0.05, 0.1) is 11.3 Å². The number of nitriles is 1. The van der Waals surface area contributed by atoms with E-state index in [-0.39, 0.29) is 21.8 Å². The molecule has 2 rings (SSSR count). The van der Waals surface area contributed by atoms with Gasteiger partial charge in [0.2, 0.25) is 0 Å². The lowest BCUT2D eigenvalue weighted by Crippen LogP contribution is -2.16. The van der Waals surface area contributed by atoms with Gasteiger partial charge in [0.1, 0.15) is 16.7 Å². The number of sulfonamides is 1. The van der Waals surface area contributed by atoms with E-state index in [1.54, 1.807) is 19.1 Å². The van der Waals surface area contributed by atoms with E-state index in [1.807, 2.05) is 0 Å². The molecule has 0 aliphatic heterocycles. The third-order valence-electron chi connectivity index (χ3n) is 2.81. The molecule has 1 aromatic carbocycles. The van der Waals surface area contributed by atoms with Gasteiger partial charge in [-0.05, 0) is 31.2 Å². The standard InChI is InChI=1S/C14H11N3O4S/c1-9-2-5-13(12(6-9)14(18)19)17-22(20,21)11-4-3-10(7-15)16-8-11/h2-6,8,17H,1H3,(H,18,19). The number of aromatic carboxylic acids is 1. The largest absolute Gasteiger partial charge is 0.478 e. The summed E-state index contributed by atoms with van der Waals surface area (Å²) < 4.78 is 26.7. The average Bonchev–Trinajstić information content (AvgIpc) is 2.48. The summed E-state index contributed by atoms with van der Waals surface area (Å²) in [5, 5.41) is 17.8. The first kappa shape index (κ1) is 15.5. The lowest BCUT2D eigenvalue weighted by atomic mass is 10.1. The van der Waals surface area contributed by atoms with Gasteiger partial charge in [-0.2, -0.15) is 5.26 Å². The summed E-state index contributed by atoms with van der Waals surface area (Å²) in [6.45, 7) is 1.70. The van der Waals surface area contributed by atoms with E-state index in [2.05, 4.69) is 9.71 Å². The summed E-state index contributed by atoms with van der Waals surface area (Å²) >= 11 is 0. The molecule has 0 atom stereocenters. The molecule has 7 nitrogen and oxygen atoms in total. The Morgan fingerprint density at radius 3 is 2.59 bits per heavy atom. The van der Waals surface area contributed by atoms with E-state index in [4.69, 9.17) is 10.4 Å². The van der Waals surface area contributed by atoms with Crippen molar-refractivity contribution in [2.24, 2.45) is 0 Å². The quantitative estimate of drug-likeness (QED) is 0.886. The summed E-state index contributed by atoms with van der Waals surface area (Å²) in [4.78, 5) is 14.7. The van der Waals surface area contributed by atoms with Gasteiger partial charge in [-0.3, -0.25) is 4.72 Å². The highest BCUT2D eigenvalue weighted by Gasteiger charge is 2.19. The smallest absolute Gasteiger partial charge is 0.337 e. The van der Waals surface area contributed by atoms with Crippen molar-refractivity contribution in [3.8, 4) is 6.07 Å². The van der Waals surface area contributed by atoms with Crippen molar-refractivity contribution in [2.45, 2.75) is 11.8 Å². The van der Waals surface area contributed by atoms with Gasteiger partial charge >= 0.3 is 5.97 Å². The fourth-order valence-corrected chi connectivity index (χ4v) is 2.76. The Bertz CT molecular complexity index is 868. The van der Waals surface area contributed by atoms with Crippen LogP contribution in [0.25, 0.3) is 0 Å². The second-order valence-corrected chi connectivity index (χ2v) is 6.13. The molecule has 112 valence electrons. The molecule has 0 aliphatic carbocycles. The maximum absolute atomic E-state index is 12.2. The summed E-state index contributed by atoms with van der Waals surface area (Å²) in [7, 11) is -3.99. The number of benzene rings is 1. The number of carbonyl (C=O) groups is 1. The third-order valence-corrected chi connectivity index (χ3v) is 4.16. The molecule has 0 bridgehead atoms. The number of hydrogen-bond donors (Lipinski definition) is 2. The number of aryl methyl sites for hydroxylation is 1. The molecule has 0 amide bonds. The van der Waals surface area contributed by atoms with E-state index in [1.165, 1.54) is 24.3 Å². The zero-order chi connectivity index (χ0) is 16.3. The molecule has 2 aromatic rings. The number of carboxylic acid groups (broad SMARTS) is 1. The summed E-state index contributed by atoms with van der Waals surface area (Å²) in [5.41, 5.74) is 0.591. The maximum Gasteiger partial charge on any atom is 0.337 e. The predicted molar refractivity (Wildman–Crippen MR) is 77.9 cm³/mol. The number of nitrogens with zero attached hydrogens (tertiary/aromatic N) is 2. The molecule has 0 radical (unpaired) electrons. The van der Waals surface area contributed by atoms with E-state index in [0.717, 1.165) is 6.20 Å². The molecule has 22 heavy (non-hydrogen) atoms. The lowest BCUT2D eigenvalue weighted by Gasteiger charge is -2.11. The molecule has 0 saturated carbocycles. The number of rotatable bonds is 4. The molecular weight excluding hydrogens is 306 g/mol. The molecule has 0 aliphatic rings. The first-order valence-corrected chi connectivity index (χ1v) is 7.55. The van der Waals surface area contributed by atoms with Crippen LogP contribution in [-0.4, -0.2) is 24.5 Å². The topological polar surface area (TPSA) is 120 Å². The average molecular weight is 317 g/mol. The Balaban J connectivity index is 2.40. The van der Waals surface area contributed by atoms with Crippen LogP contribution in [0.15, 0.2) is 41.4 Å². The number of aromatic nitrogens is 1. The number of pyridine rings is 1. The van der Waals surface area contributed by atoms with Crippen LogP contribution in [-0.2, 0) is 10.0 Å². The van der Waals surface area contributed by atoms with Crippen molar-refractivity contribution in [1.82, 2.24) is 4.98 Å². The van der Waals surface area contributed by atoms with Crippen LogP contribution in [0.2, 0.25) is 0 Å². The minimum atomic E-state index is -3.99. The van der Waals surface area contributed by atoms with Gasteiger partial charge in [-0.1, -0.05) is 11.6 Å². The second kappa shape index (κ2) is 5.83. The van der Waals surface area contributed by atoms with Crippen molar-refractivity contribution in [3.63, 3.8) is 0 Å². The third kappa shape index (κ3) is 3.21. The van der Waals surface area contributed by atoms with Crippen LogP contribution < -0.4 is 4.72 Å². The van der Waals surface area contributed by atoms with Crippen molar-refractivity contribution >= 4 is 21.7 Å². The monoisotopic (exact) mass is 317 g/mol. The maximum atomic E-state index is 12.2. The van der Waals surface area contributed by atoms with Crippen LogP contribution in [0.4, 0.5) is 5.69 Å². The highest BCUT2D eigenvalue weighted by atomic mass is 32.2. The molecule has 8 heteroatoms. The molecular formula is C14H11N3O4S.